The van der Waals surface area contributed by atoms with Crippen LogP contribution in [0.5, 0.6) is 0 Å². The molecule has 2 amide bonds. The summed E-state index contributed by atoms with van der Waals surface area (Å²) in [6.07, 6.45) is -5.98. The molecule has 2 heterocycles. The fourth-order valence-electron chi connectivity index (χ4n) is 4.17. The molecule has 1 aliphatic rings. The fourth-order valence-corrected chi connectivity index (χ4v) is 4.17. The molecule has 1 saturated heterocycles. The third-order valence-electron chi connectivity index (χ3n) is 6.19. The van der Waals surface area contributed by atoms with Gasteiger partial charge in [-0.3, -0.25) is 44.2 Å². The van der Waals surface area contributed by atoms with Gasteiger partial charge in [0, 0.05) is 30.9 Å². The monoisotopic (exact) mass is 570 g/mol. The number of nitrogens with zero attached hydrogens (tertiary/aromatic N) is 3. The van der Waals surface area contributed by atoms with Crippen LogP contribution in [0.4, 0.5) is 11.4 Å². The second-order valence-electron chi connectivity index (χ2n) is 8.90. The number of ether oxygens (including phenoxy) is 1. The molecule has 0 spiro atoms. The lowest BCUT2D eigenvalue weighted by atomic mass is 10.0. The van der Waals surface area contributed by atoms with E-state index in [0.29, 0.717) is 11.6 Å². The van der Waals surface area contributed by atoms with E-state index in [1.807, 2.05) is 4.98 Å². The highest BCUT2D eigenvalue weighted by Crippen LogP contribution is 2.31. The first-order valence-electron chi connectivity index (χ1n) is 11.9. The minimum atomic E-state index is -1.87. The molecular formula is C24H22N6O11. The van der Waals surface area contributed by atoms with E-state index in [4.69, 9.17) is 4.74 Å². The molecule has 0 radical (unpaired) electrons. The number of aromatic nitrogens is 2. The summed E-state index contributed by atoms with van der Waals surface area (Å²) in [6, 6.07) is 9.89. The van der Waals surface area contributed by atoms with Crippen LogP contribution in [0.3, 0.4) is 0 Å². The van der Waals surface area contributed by atoms with Crippen molar-refractivity contribution in [2.75, 3.05) is 0 Å². The number of nitrogens with one attached hydrogen (secondary N) is 3. The lowest BCUT2D eigenvalue weighted by molar-refractivity contribution is -0.394. The second kappa shape index (κ2) is 11.9. The highest BCUT2D eigenvalue weighted by atomic mass is 16.6. The molecule has 3 aromatic rings. The normalized spacial score (nSPS) is 20.6. The summed E-state index contributed by atoms with van der Waals surface area (Å²) in [7, 11) is 0. The number of carbonyl (C=O) groups excluding carboxylic acids is 2. The third kappa shape index (κ3) is 6.32. The van der Waals surface area contributed by atoms with Gasteiger partial charge in [0.05, 0.1) is 21.5 Å². The van der Waals surface area contributed by atoms with Gasteiger partial charge in [-0.15, -0.1) is 0 Å². The molecule has 5 N–H and O–H groups in total. The number of benzene rings is 2. The van der Waals surface area contributed by atoms with E-state index in [1.54, 1.807) is 30.3 Å². The number of non-ortho nitro benzene ring substituents is 2. The molecule has 214 valence electrons. The van der Waals surface area contributed by atoms with Crippen molar-refractivity contribution in [2.45, 2.75) is 37.1 Å². The molecule has 0 aliphatic carbocycles. The van der Waals surface area contributed by atoms with Gasteiger partial charge in [-0.1, -0.05) is 30.3 Å². The Bertz CT molecular complexity index is 1570. The number of aromatic amines is 1. The Morgan fingerprint density at radius 1 is 1.00 bits per heavy atom. The van der Waals surface area contributed by atoms with Crippen molar-refractivity contribution < 1.29 is 34.4 Å². The molecule has 1 aliphatic heterocycles. The SMILES string of the molecule is O=C(NC(C(=O)NCc1ccccc1)[C@H]1O[C@@H](n2ccc(=O)[nH]c2=O)[C@H](O)[C@@H]1O)c1cc([N+](=O)[O-])cc([N+](=O)[O-])c1. The summed E-state index contributed by atoms with van der Waals surface area (Å²) in [6.45, 7) is -0.0392. The number of amides is 2. The fraction of sp³-hybridized carbons (Fsp3) is 0.250. The molecule has 1 fully saturated rings. The average Bonchev–Trinajstić information content (AvgIpc) is 3.23. The van der Waals surface area contributed by atoms with Gasteiger partial charge in [0.2, 0.25) is 5.91 Å². The lowest BCUT2D eigenvalue weighted by Crippen LogP contribution is -2.56. The lowest BCUT2D eigenvalue weighted by Gasteiger charge is -2.26. The molecule has 5 atom stereocenters. The standard InChI is InChI=1S/C24H22N6O11/c31-16-6-7-28(24(36)26-16)23-19(33)18(32)20(41-23)17(22(35)25-11-12-4-2-1-3-5-12)27-21(34)13-8-14(29(37)38)10-15(9-13)30(39)40/h1-10,17-20,23,32-33H,11H2,(H,25,35)(H,27,34)(H,26,31,36)/t17?,18-,19+,20+,23+/m0/s1. The van der Waals surface area contributed by atoms with E-state index < -0.39 is 80.4 Å². The highest BCUT2D eigenvalue weighted by Gasteiger charge is 2.50. The van der Waals surface area contributed by atoms with E-state index in [0.717, 1.165) is 29.0 Å². The number of rotatable bonds is 9. The van der Waals surface area contributed by atoms with Crippen molar-refractivity contribution in [2.24, 2.45) is 0 Å². The van der Waals surface area contributed by atoms with Gasteiger partial charge in [0.25, 0.3) is 22.8 Å². The van der Waals surface area contributed by atoms with Gasteiger partial charge in [-0.2, -0.15) is 0 Å². The number of carbonyl (C=O) groups is 2. The Morgan fingerprint density at radius 2 is 1.63 bits per heavy atom. The summed E-state index contributed by atoms with van der Waals surface area (Å²) in [5, 5.41) is 48.7. The van der Waals surface area contributed by atoms with Gasteiger partial charge >= 0.3 is 5.69 Å². The quantitative estimate of drug-likeness (QED) is 0.155. The van der Waals surface area contributed by atoms with Crippen molar-refractivity contribution in [3.05, 3.63) is 113 Å². The highest BCUT2D eigenvalue weighted by molar-refractivity contribution is 5.98. The zero-order chi connectivity index (χ0) is 29.8. The van der Waals surface area contributed by atoms with Gasteiger partial charge < -0.3 is 25.6 Å². The van der Waals surface area contributed by atoms with Gasteiger partial charge in [-0.05, 0) is 5.56 Å². The summed E-state index contributed by atoms with van der Waals surface area (Å²) in [4.78, 5) is 72.7. The van der Waals surface area contributed by atoms with Crippen LogP contribution in [-0.2, 0) is 16.1 Å². The Kier molecular flexibility index (Phi) is 8.32. The zero-order valence-corrected chi connectivity index (χ0v) is 20.8. The first-order valence-corrected chi connectivity index (χ1v) is 11.9. The molecule has 1 aromatic heterocycles. The molecule has 2 aromatic carbocycles. The smallest absolute Gasteiger partial charge is 0.330 e. The van der Waals surface area contributed by atoms with E-state index in [-0.39, 0.29) is 6.54 Å². The van der Waals surface area contributed by atoms with Crippen molar-refractivity contribution >= 4 is 23.2 Å². The number of aliphatic hydroxyl groups excluding tert-OH is 2. The minimum Gasteiger partial charge on any atom is -0.387 e. The summed E-state index contributed by atoms with van der Waals surface area (Å²) < 4.78 is 6.40. The van der Waals surface area contributed by atoms with Gasteiger partial charge in [-0.25, -0.2) is 4.79 Å². The zero-order valence-electron chi connectivity index (χ0n) is 20.8. The molecule has 1 unspecified atom stereocenters. The number of nitro groups is 2. The number of hydrogen-bond acceptors (Lipinski definition) is 11. The summed E-state index contributed by atoms with van der Waals surface area (Å²) in [5.41, 5.74) is -3.15. The largest absolute Gasteiger partial charge is 0.387 e. The molecular weight excluding hydrogens is 548 g/mol. The van der Waals surface area contributed by atoms with Crippen LogP contribution in [0.1, 0.15) is 22.1 Å². The number of nitro benzene ring substituents is 2. The molecule has 4 rings (SSSR count). The summed E-state index contributed by atoms with van der Waals surface area (Å²) in [5.74, 6) is -2.10. The van der Waals surface area contributed by atoms with Crippen LogP contribution >= 0.6 is 0 Å². The maximum atomic E-state index is 13.3. The van der Waals surface area contributed by atoms with E-state index in [1.165, 1.54) is 0 Å². The predicted octanol–water partition coefficient (Wildman–Crippen LogP) is -0.913. The Balaban J connectivity index is 1.67. The van der Waals surface area contributed by atoms with Crippen LogP contribution in [0, 0.1) is 20.2 Å². The molecule has 41 heavy (non-hydrogen) atoms. The van der Waals surface area contributed by atoms with Crippen molar-refractivity contribution in [1.29, 1.82) is 0 Å². The van der Waals surface area contributed by atoms with Crippen LogP contribution in [0.25, 0.3) is 0 Å². The first kappa shape index (κ1) is 28.7. The number of aliphatic hydroxyl groups is 2. The molecule has 0 saturated carbocycles. The summed E-state index contributed by atoms with van der Waals surface area (Å²) >= 11 is 0. The van der Waals surface area contributed by atoms with E-state index >= 15 is 0 Å². The van der Waals surface area contributed by atoms with Crippen molar-refractivity contribution in [1.82, 2.24) is 20.2 Å². The average molecular weight is 570 g/mol. The van der Waals surface area contributed by atoms with Crippen LogP contribution in [-0.4, -0.2) is 65.8 Å². The maximum absolute atomic E-state index is 13.3. The van der Waals surface area contributed by atoms with Crippen LogP contribution in [0.15, 0.2) is 70.4 Å². The van der Waals surface area contributed by atoms with Crippen LogP contribution < -0.4 is 21.9 Å². The van der Waals surface area contributed by atoms with Crippen molar-refractivity contribution in [3.63, 3.8) is 0 Å². The second-order valence-corrected chi connectivity index (χ2v) is 8.90. The maximum Gasteiger partial charge on any atom is 0.330 e. The Labute approximate surface area is 228 Å². The number of H-pyrrole nitrogens is 1. The van der Waals surface area contributed by atoms with E-state index in [2.05, 4.69) is 10.6 Å². The predicted molar refractivity (Wildman–Crippen MR) is 137 cm³/mol. The van der Waals surface area contributed by atoms with Crippen LogP contribution in [0.2, 0.25) is 0 Å². The Morgan fingerprint density at radius 3 is 2.22 bits per heavy atom. The first-order chi connectivity index (χ1) is 19.5. The van der Waals surface area contributed by atoms with Crippen molar-refractivity contribution in [3.8, 4) is 0 Å². The van der Waals surface area contributed by atoms with E-state index in [9.17, 15) is 49.6 Å². The third-order valence-corrected chi connectivity index (χ3v) is 6.19. The molecule has 0 bridgehead atoms. The number of hydrogen-bond donors (Lipinski definition) is 5. The minimum absolute atomic E-state index is 0.0392. The Hall–Kier alpha value is -5.26. The van der Waals surface area contributed by atoms with Gasteiger partial charge in [0.15, 0.2) is 6.23 Å². The molecule has 17 heteroatoms. The van der Waals surface area contributed by atoms with Gasteiger partial charge in [0.1, 0.15) is 24.4 Å². The molecule has 17 nitrogen and oxygen atoms in total. The topological polar surface area (TPSA) is 249 Å².